The molecule has 0 saturated carbocycles. The minimum Gasteiger partial charge on any atom is -0.324 e. The Bertz CT molecular complexity index is 189. The van der Waals surface area contributed by atoms with Crippen LogP contribution < -0.4 is 5.73 Å². The molecule has 1 aromatic heterocycles. The van der Waals surface area contributed by atoms with Gasteiger partial charge in [-0.05, 0) is 24.1 Å². The number of nitrogens with zero attached hydrogens (tertiary/aromatic N) is 1. The van der Waals surface area contributed by atoms with Crippen LogP contribution in [0.5, 0.6) is 0 Å². The number of halogens is 1. The summed E-state index contributed by atoms with van der Waals surface area (Å²) in [5.41, 5.74) is 6.93. The fourth-order valence-electron chi connectivity index (χ4n) is 0.846. The molecule has 0 aliphatic carbocycles. The summed E-state index contributed by atoms with van der Waals surface area (Å²) in [5, 5.41) is 0. The van der Waals surface area contributed by atoms with E-state index in [1.165, 1.54) is 0 Å². The second-order valence-electron chi connectivity index (χ2n) is 2.30. The Morgan fingerprint density at radius 2 is 2.00 bits per heavy atom. The molecule has 0 fully saturated rings. The molecule has 1 heterocycles. The van der Waals surface area contributed by atoms with Gasteiger partial charge in [0.05, 0.1) is 0 Å². The molecule has 11 heavy (non-hydrogen) atoms. The van der Waals surface area contributed by atoms with E-state index in [2.05, 4.69) is 11.9 Å². The average Bonchev–Trinajstić information content (AvgIpc) is 2.05. The van der Waals surface area contributed by atoms with E-state index >= 15 is 0 Å². The maximum atomic E-state index is 5.77. The molecule has 0 aliphatic rings. The zero-order valence-corrected chi connectivity index (χ0v) is 7.34. The highest BCUT2D eigenvalue weighted by Crippen LogP contribution is 2.10. The van der Waals surface area contributed by atoms with Gasteiger partial charge in [0.1, 0.15) is 0 Å². The summed E-state index contributed by atoms with van der Waals surface area (Å²) in [6.07, 6.45) is 4.51. The monoisotopic (exact) mass is 172 g/mol. The van der Waals surface area contributed by atoms with Crippen LogP contribution in [0.4, 0.5) is 0 Å². The quantitative estimate of drug-likeness (QED) is 0.741. The zero-order chi connectivity index (χ0) is 7.40. The maximum Gasteiger partial charge on any atom is 0.0293 e. The molecule has 0 amide bonds. The van der Waals surface area contributed by atoms with E-state index in [4.69, 9.17) is 5.73 Å². The Hall–Kier alpha value is -0.600. The summed E-state index contributed by atoms with van der Waals surface area (Å²) in [7, 11) is 0. The summed E-state index contributed by atoms with van der Waals surface area (Å²) in [6.45, 7) is 2.07. The lowest BCUT2D eigenvalue weighted by molar-refractivity contribution is 0.697. The first-order valence-electron chi connectivity index (χ1n) is 3.50. The van der Waals surface area contributed by atoms with Crippen molar-refractivity contribution < 1.29 is 0 Å². The van der Waals surface area contributed by atoms with Crippen LogP contribution in [-0.4, -0.2) is 4.98 Å². The summed E-state index contributed by atoms with van der Waals surface area (Å²) in [5.74, 6) is 0. The van der Waals surface area contributed by atoms with Crippen LogP contribution in [0.15, 0.2) is 24.5 Å². The number of hydrogen-bond donors (Lipinski definition) is 1. The first-order valence-corrected chi connectivity index (χ1v) is 3.50. The first kappa shape index (κ1) is 10.4. The van der Waals surface area contributed by atoms with Gasteiger partial charge in [-0.2, -0.15) is 0 Å². The molecule has 0 aromatic carbocycles. The Balaban J connectivity index is 0.000001000. The van der Waals surface area contributed by atoms with Crippen molar-refractivity contribution in [3.63, 3.8) is 0 Å². The highest BCUT2D eigenvalue weighted by Gasteiger charge is 1.99. The summed E-state index contributed by atoms with van der Waals surface area (Å²) < 4.78 is 0. The highest BCUT2D eigenvalue weighted by molar-refractivity contribution is 5.85. The third-order valence-electron chi connectivity index (χ3n) is 1.57. The lowest BCUT2D eigenvalue weighted by Gasteiger charge is -2.06. The fraction of sp³-hybridized carbons (Fsp3) is 0.375. The van der Waals surface area contributed by atoms with Gasteiger partial charge in [0, 0.05) is 18.4 Å². The summed E-state index contributed by atoms with van der Waals surface area (Å²) in [6, 6.07) is 4.07. The van der Waals surface area contributed by atoms with E-state index < -0.39 is 0 Å². The molecule has 1 aromatic rings. The SMILES string of the molecule is CC[C@H](N)c1ccncc1.Cl. The molecule has 0 saturated heterocycles. The predicted molar refractivity (Wildman–Crippen MR) is 48.7 cm³/mol. The van der Waals surface area contributed by atoms with Crippen LogP contribution in [0.1, 0.15) is 24.9 Å². The third-order valence-corrected chi connectivity index (χ3v) is 1.57. The molecular formula is C8H13ClN2. The molecular weight excluding hydrogens is 160 g/mol. The lowest BCUT2D eigenvalue weighted by Crippen LogP contribution is -2.07. The molecule has 0 aliphatic heterocycles. The van der Waals surface area contributed by atoms with Gasteiger partial charge in [0.15, 0.2) is 0 Å². The van der Waals surface area contributed by atoms with Crippen molar-refractivity contribution in [2.75, 3.05) is 0 Å². The van der Waals surface area contributed by atoms with Gasteiger partial charge in [-0.25, -0.2) is 0 Å². The van der Waals surface area contributed by atoms with Crippen LogP contribution in [0, 0.1) is 0 Å². The molecule has 3 heteroatoms. The van der Waals surface area contributed by atoms with Crippen molar-refractivity contribution in [2.45, 2.75) is 19.4 Å². The van der Waals surface area contributed by atoms with Gasteiger partial charge in [0.2, 0.25) is 0 Å². The molecule has 0 bridgehead atoms. The van der Waals surface area contributed by atoms with Gasteiger partial charge < -0.3 is 5.73 Å². The standard InChI is InChI=1S/C8H12N2.ClH/c1-2-8(9)7-3-5-10-6-4-7;/h3-6,8H,2,9H2,1H3;1H/t8-;/m0./s1. The number of hydrogen-bond acceptors (Lipinski definition) is 2. The number of nitrogens with two attached hydrogens (primary N) is 1. The topological polar surface area (TPSA) is 38.9 Å². The van der Waals surface area contributed by atoms with Crippen LogP contribution in [0.2, 0.25) is 0 Å². The van der Waals surface area contributed by atoms with Crippen molar-refractivity contribution in [3.05, 3.63) is 30.1 Å². The number of pyridine rings is 1. The highest BCUT2D eigenvalue weighted by atomic mass is 35.5. The molecule has 1 atom stereocenters. The van der Waals surface area contributed by atoms with Crippen molar-refractivity contribution in [1.29, 1.82) is 0 Å². The molecule has 1 rings (SSSR count). The van der Waals surface area contributed by atoms with Crippen LogP contribution in [0.25, 0.3) is 0 Å². The minimum atomic E-state index is 0. The third kappa shape index (κ3) is 2.87. The van der Waals surface area contributed by atoms with E-state index in [0.29, 0.717) is 0 Å². The van der Waals surface area contributed by atoms with Crippen LogP contribution >= 0.6 is 12.4 Å². The van der Waals surface area contributed by atoms with Gasteiger partial charge in [-0.15, -0.1) is 12.4 Å². The first-order chi connectivity index (χ1) is 4.84. The van der Waals surface area contributed by atoms with Crippen molar-refractivity contribution >= 4 is 12.4 Å². The second-order valence-corrected chi connectivity index (χ2v) is 2.30. The largest absolute Gasteiger partial charge is 0.324 e. The normalized spacial score (nSPS) is 11.8. The molecule has 0 spiro atoms. The van der Waals surface area contributed by atoms with E-state index in [9.17, 15) is 0 Å². The van der Waals surface area contributed by atoms with Crippen LogP contribution in [0.3, 0.4) is 0 Å². The maximum absolute atomic E-state index is 5.77. The molecule has 2 nitrogen and oxygen atoms in total. The number of rotatable bonds is 2. The fourth-order valence-corrected chi connectivity index (χ4v) is 0.846. The Morgan fingerprint density at radius 1 is 1.45 bits per heavy atom. The van der Waals surface area contributed by atoms with E-state index in [1.54, 1.807) is 12.4 Å². The lowest BCUT2D eigenvalue weighted by atomic mass is 10.1. The minimum absolute atomic E-state index is 0. The molecule has 62 valence electrons. The van der Waals surface area contributed by atoms with E-state index in [0.717, 1.165) is 12.0 Å². The smallest absolute Gasteiger partial charge is 0.0293 e. The number of aromatic nitrogens is 1. The predicted octanol–water partition coefficient (Wildman–Crippen LogP) is 1.91. The van der Waals surface area contributed by atoms with Crippen LogP contribution in [-0.2, 0) is 0 Å². The van der Waals surface area contributed by atoms with Crippen molar-refractivity contribution in [2.24, 2.45) is 5.73 Å². The zero-order valence-electron chi connectivity index (χ0n) is 6.53. The van der Waals surface area contributed by atoms with Gasteiger partial charge in [-0.1, -0.05) is 6.92 Å². The van der Waals surface area contributed by atoms with Crippen molar-refractivity contribution in [1.82, 2.24) is 4.98 Å². The average molecular weight is 173 g/mol. The summed E-state index contributed by atoms with van der Waals surface area (Å²) in [4.78, 5) is 3.91. The molecule has 2 N–H and O–H groups in total. The Kier molecular flexibility index (Phi) is 4.83. The van der Waals surface area contributed by atoms with E-state index in [-0.39, 0.29) is 18.4 Å². The van der Waals surface area contributed by atoms with Gasteiger partial charge in [-0.3, -0.25) is 4.98 Å². The molecule has 0 unspecified atom stereocenters. The summed E-state index contributed by atoms with van der Waals surface area (Å²) >= 11 is 0. The van der Waals surface area contributed by atoms with Gasteiger partial charge in [0.25, 0.3) is 0 Å². The second kappa shape index (κ2) is 5.10. The Morgan fingerprint density at radius 3 is 2.45 bits per heavy atom. The molecule has 0 radical (unpaired) electrons. The van der Waals surface area contributed by atoms with Gasteiger partial charge >= 0.3 is 0 Å². The van der Waals surface area contributed by atoms with Crippen molar-refractivity contribution in [3.8, 4) is 0 Å². The van der Waals surface area contributed by atoms with E-state index in [1.807, 2.05) is 12.1 Å². The Labute approximate surface area is 73.2 Å².